The van der Waals surface area contributed by atoms with E-state index in [0.29, 0.717) is 0 Å². The zero-order chi connectivity index (χ0) is 9.68. The van der Waals surface area contributed by atoms with Crippen molar-refractivity contribution in [2.24, 2.45) is 0 Å². The van der Waals surface area contributed by atoms with Crippen molar-refractivity contribution in [1.29, 1.82) is 0 Å². The first-order chi connectivity index (χ1) is 6.29. The van der Waals surface area contributed by atoms with Gasteiger partial charge < -0.3 is 4.57 Å². The van der Waals surface area contributed by atoms with Crippen molar-refractivity contribution in [1.82, 2.24) is 4.57 Å². The SMILES string of the molecule is CCCCCn1c(C)ccc1CC. The molecular formula is C12H21N. The van der Waals surface area contributed by atoms with Crippen molar-refractivity contribution in [3.8, 4) is 0 Å². The van der Waals surface area contributed by atoms with Crippen LogP contribution in [0.15, 0.2) is 12.1 Å². The molecule has 0 N–H and O–H groups in total. The number of aromatic nitrogens is 1. The highest BCUT2D eigenvalue weighted by molar-refractivity contribution is 5.14. The normalized spacial score (nSPS) is 10.7. The van der Waals surface area contributed by atoms with Crippen LogP contribution in [0.25, 0.3) is 0 Å². The van der Waals surface area contributed by atoms with E-state index in [0.717, 1.165) is 6.42 Å². The van der Waals surface area contributed by atoms with Crippen LogP contribution in [-0.4, -0.2) is 4.57 Å². The van der Waals surface area contributed by atoms with Gasteiger partial charge in [-0.3, -0.25) is 0 Å². The van der Waals surface area contributed by atoms with Crippen LogP contribution in [0.5, 0.6) is 0 Å². The van der Waals surface area contributed by atoms with Crippen molar-refractivity contribution < 1.29 is 0 Å². The Balaban J connectivity index is 2.57. The molecule has 0 unspecified atom stereocenters. The largest absolute Gasteiger partial charge is 0.349 e. The Bertz CT molecular complexity index is 248. The smallest absolute Gasteiger partial charge is 0.0224 e. The van der Waals surface area contributed by atoms with Gasteiger partial charge in [-0.25, -0.2) is 0 Å². The molecule has 0 aliphatic rings. The Morgan fingerprint density at radius 2 is 1.92 bits per heavy atom. The van der Waals surface area contributed by atoms with Crippen LogP contribution in [0.4, 0.5) is 0 Å². The van der Waals surface area contributed by atoms with E-state index in [-0.39, 0.29) is 0 Å². The van der Waals surface area contributed by atoms with Crippen LogP contribution in [0.1, 0.15) is 44.5 Å². The number of unbranched alkanes of at least 4 members (excludes halogenated alkanes) is 2. The van der Waals surface area contributed by atoms with Crippen molar-refractivity contribution in [2.75, 3.05) is 0 Å². The molecule has 0 saturated carbocycles. The first kappa shape index (κ1) is 10.4. The first-order valence-corrected chi connectivity index (χ1v) is 5.44. The van der Waals surface area contributed by atoms with Gasteiger partial charge in [0.05, 0.1) is 0 Å². The van der Waals surface area contributed by atoms with E-state index in [9.17, 15) is 0 Å². The molecule has 1 nitrogen and oxygen atoms in total. The van der Waals surface area contributed by atoms with Gasteiger partial charge in [-0.15, -0.1) is 0 Å². The summed E-state index contributed by atoms with van der Waals surface area (Å²) in [5.74, 6) is 0. The maximum Gasteiger partial charge on any atom is 0.0224 e. The average molecular weight is 179 g/mol. The van der Waals surface area contributed by atoms with E-state index < -0.39 is 0 Å². The van der Waals surface area contributed by atoms with E-state index in [1.807, 2.05) is 0 Å². The van der Waals surface area contributed by atoms with Gasteiger partial charge in [-0.2, -0.15) is 0 Å². The molecular weight excluding hydrogens is 158 g/mol. The maximum absolute atomic E-state index is 2.45. The molecule has 13 heavy (non-hydrogen) atoms. The van der Waals surface area contributed by atoms with Crippen LogP contribution in [0.3, 0.4) is 0 Å². The number of nitrogens with zero attached hydrogens (tertiary/aromatic N) is 1. The highest BCUT2D eigenvalue weighted by atomic mass is 15.0. The summed E-state index contributed by atoms with van der Waals surface area (Å²) in [6, 6.07) is 4.48. The second-order valence-corrected chi connectivity index (χ2v) is 3.68. The average Bonchev–Trinajstić information content (AvgIpc) is 2.48. The van der Waals surface area contributed by atoms with Gasteiger partial charge in [0.25, 0.3) is 0 Å². The van der Waals surface area contributed by atoms with E-state index in [2.05, 4.69) is 37.5 Å². The van der Waals surface area contributed by atoms with Crippen LogP contribution in [-0.2, 0) is 13.0 Å². The van der Waals surface area contributed by atoms with Crippen molar-refractivity contribution in [2.45, 2.75) is 53.0 Å². The van der Waals surface area contributed by atoms with Crippen molar-refractivity contribution in [3.05, 3.63) is 23.5 Å². The van der Waals surface area contributed by atoms with Crippen LogP contribution >= 0.6 is 0 Å². The van der Waals surface area contributed by atoms with Gasteiger partial charge in [0.2, 0.25) is 0 Å². The molecule has 0 aliphatic heterocycles. The summed E-state index contributed by atoms with van der Waals surface area (Å²) in [5, 5.41) is 0. The fourth-order valence-corrected chi connectivity index (χ4v) is 1.77. The fraction of sp³-hybridized carbons (Fsp3) is 0.667. The van der Waals surface area contributed by atoms with E-state index >= 15 is 0 Å². The standard InChI is InChI=1S/C12H21N/c1-4-6-7-10-13-11(3)8-9-12(13)5-2/h8-9H,4-7,10H2,1-3H3. The number of hydrogen-bond acceptors (Lipinski definition) is 0. The van der Waals surface area contributed by atoms with Crippen LogP contribution < -0.4 is 0 Å². The summed E-state index contributed by atoms with van der Waals surface area (Å²) in [4.78, 5) is 0. The minimum Gasteiger partial charge on any atom is -0.349 e. The summed E-state index contributed by atoms with van der Waals surface area (Å²) in [6.45, 7) is 7.88. The van der Waals surface area contributed by atoms with Gasteiger partial charge in [0.1, 0.15) is 0 Å². The Hall–Kier alpha value is -0.720. The molecule has 0 aliphatic carbocycles. The molecule has 0 bridgehead atoms. The lowest BCUT2D eigenvalue weighted by atomic mass is 10.2. The van der Waals surface area contributed by atoms with E-state index in [1.54, 1.807) is 0 Å². The minimum absolute atomic E-state index is 1.15. The third-order valence-electron chi connectivity index (χ3n) is 2.64. The molecule has 0 saturated heterocycles. The van der Waals surface area contributed by atoms with E-state index in [4.69, 9.17) is 0 Å². The quantitative estimate of drug-likeness (QED) is 0.609. The molecule has 1 rings (SSSR count). The summed E-state index contributed by atoms with van der Waals surface area (Å²) in [7, 11) is 0. The van der Waals surface area contributed by atoms with Gasteiger partial charge in [-0.05, 0) is 31.9 Å². The Morgan fingerprint density at radius 3 is 2.54 bits per heavy atom. The van der Waals surface area contributed by atoms with E-state index in [1.165, 1.54) is 37.2 Å². The number of aryl methyl sites for hydroxylation is 2. The van der Waals surface area contributed by atoms with Gasteiger partial charge >= 0.3 is 0 Å². The molecule has 1 heterocycles. The second-order valence-electron chi connectivity index (χ2n) is 3.68. The molecule has 0 aromatic carbocycles. The highest BCUT2D eigenvalue weighted by Crippen LogP contribution is 2.11. The third-order valence-corrected chi connectivity index (χ3v) is 2.64. The zero-order valence-electron chi connectivity index (χ0n) is 9.14. The lowest BCUT2D eigenvalue weighted by Crippen LogP contribution is -2.03. The fourth-order valence-electron chi connectivity index (χ4n) is 1.77. The molecule has 1 heteroatoms. The Morgan fingerprint density at radius 1 is 1.15 bits per heavy atom. The molecule has 74 valence electrons. The van der Waals surface area contributed by atoms with Gasteiger partial charge in [0, 0.05) is 17.9 Å². The molecule has 0 radical (unpaired) electrons. The molecule has 1 aromatic heterocycles. The van der Waals surface area contributed by atoms with Gasteiger partial charge in [-0.1, -0.05) is 26.7 Å². The summed E-state index contributed by atoms with van der Waals surface area (Å²) < 4.78 is 2.45. The molecule has 1 aromatic rings. The molecule has 0 atom stereocenters. The molecule has 0 fully saturated rings. The lowest BCUT2D eigenvalue weighted by molar-refractivity contribution is 0.578. The van der Waals surface area contributed by atoms with Crippen molar-refractivity contribution >= 4 is 0 Å². The summed E-state index contributed by atoms with van der Waals surface area (Å²) in [6.07, 6.45) is 5.13. The highest BCUT2D eigenvalue weighted by Gasteiger charge is 2.01. The Labute approximate surface area is 81.8 Å². The monoisotopic (exact) mass is 179 g/mol. The second kappa shape index (κ2) is 5.11. The predicted molar refractivity (Wildman–Crippen MR) is 58.1 cm³/mol. The maximum atomic E-state index is 2.45. The lowest BCUT2D eigenvalue weighted by Gasteiger charge is -2.09. The zero-order valence-corrected chi connectivity index (χ0v) is 9.14. The summed E-state index contributed by atoms with van der Waals surface area (Å²) >= 11 is 0. The predicted octanol–water partition coefficient (Wildman–Crippen LogP) is 3.55. The van der Waals surface area contributed by atoms with Gasteiger partial charge in [0.15, 0.2) is 0 Å². The van der Waals surface area contributed by atoms with Crippen molar-refractivity contribution in [3.63, 3.8) is 0 Å². The first-order valence-electron chi connectivity index (χ1n) is 5.44. The number of hydrogen-bond donors (Lipinski definition) is 0. The molecule has 0 amide bonds. The summed E-state index contributed by atoms with van der Waals surface area (Å²) in [5.41, 5.74) is 2.89. The third kappa shape index (κ3) is 2.61. The number of rotatable bonds is 5. The topological polar surface area (TPSA) is 4.93 Å². The van der Waals surface area contributed by atoms with Crippen LogP contribution in [0.2, 0.25) is 0 Å². The molecule has 0 spiro atoms. The Kier molecular flexibility index (Phi) is 4.07. The minimum atomic E-state index is 1.15. The van der Waals surface area contributed by atoms with Crippen LogP contribution in [0, 0.1) is 6.92 Å².